The number of methoxy groups -OCH3 is 1. The van der Waals surface area contributed by atoms with Crippen LogP contribution in [-0.4, -0.2) is 113 Å². The molecule has 21 heteroatoms. The summed E-state index contributed by atoms with van der Waals surface area (Å²) in [6.07, 6.45) is -2.82. The Bertz CT molecular complexity index is 2820. The molecule has 2 aliphatic heterocycles. The van der Waals surface area contributed by atoms with Crippen molar-refractivity contribution in [3.63, 3.8) is 0 Å². The van der Waals surface area contributed by atoms with Crippen LogP contribution in [0.4, 0.5) is 40.3 Å². The van der Waals surface area contributed by atoms with Crippen LogP contribution < -0.4 is 29.9 Å². The van der Waals surface area contributed by atoms with Crippen molar-refractivity contribution in [1.29, 1.82) is 0 Å². The number of halogens is 4. The van der Waals surface area contributed by atoms with E-state index in [1.165, 1.54) is 39.3 Å². The lowest BCUT2D eigenvalue weighted by atomic mass is 10.0. The summed E-state index contributed by atoms with van der Waals surface area (Å²) >= 11 is 0. The predicted octanol–water partition coefficient (Wildman–Crippen LogP) is 7.26. The first-order valence-electron chi connectivity index (χ1n) is 21.6. The van der Waals surface area contributed by atoms with Gasteiger partial charge in [-0.25, -0.2) is 4.39 Å². The molecule has 68 heavy (non-hydrogen) atoms. The second kappa shape index (κ2) is 19.8. The fourth-order valence-electron chi connectivity index (χ4n) is 7.61. The van der Waals surface area contributed by atoms with Gasteiger partial charge in [0.25, 0.3) is 23.6 Å². The lowest BCUT2D eigenvalue weighted by Crippen LogP contribution is -2.45. The summed E-state index contributed by atoms with van der Waals surface area (Å²) in [7, 11) is 1.52. The highest BCUT2D eigenvalue weighted by molar-refractivity contribution is 6.05. The average Bonchev–Trinajstić information content (AvgIpc) is 3.34. The first-order chi connectivity index (χ1) is 32.5. The monoisotopic (exact) mass is 937 g/mol. The molecule has 1 atom stereocenters. The highest BCUT2D eigenvalue weighted by Gasteiger charge is 2.34. The van der Waals surface area contributed by atoms with E-state index in [-0.39, 0.29) is 29.3 Å². The van der Waals surface area contributed by atoms with E-state index in [2.05, 4.69) is 56.0 Å². The van der Waals surface area contributed by atoms with Crippen LogP contribution in [0.2, 0.25) is 0 Å². The number of carbonyl (C=O) groups excluding carboxylic acids is 2. The van der Waals surface area contributed by atoms with Crippen molar-refractivity contribution >= 4 is 34.6 Å². The van der Waals surface area contributed by atoms with Gasteiger partial charge >= 0.3 is 6.18 Å². The van der Waals surface area contributed by atoms with Gasteiger partial charge in [0.1, 0.15) is 29.8 Å². The number of aromatic nitrogens is 7. The summed E-state index contributed by atoms with van der Waals surface area (Å²) in [6.45, 7) is 10.00. The molecule has 0 saturated carbocycles. The Balaban J connectivity index is 0.985. The molecule has 2 aliphatic rings. The summed E-state index contributed by atoms with van der Waals surface area (Å²) in [5.74, 6) is -0.637. The van der Waals surface area contributed by atoms with Crippen LogP contribution in [0.25, 0.3) is 22.5 Å². The molecule has 2 fully saturated rings. The number of hydrogen-bond donors (Lipinski definition) is 2. The molecule has 4 aromatic heterocycles. The molecule has 6 aromatic rings. The third kappa shape index (κ3) is 10.9. The van der Waals surface area contributed by atoms with Crippen molar-refractivity contribution in [3.05, 3.63) is 113 Å². The number of hydrogen-bond acceptors (Lipinski definition) is 15. The Kier molecular flexibility index (Phi) is 13.7. The molecule has 2 aromatic carbocycles. The summed E-state index contributed by atoms with van der Waals surface area (Å²) < 4.78 is 78.2. The minimum atomic E-state index is -4.77. The zero-order valence-electron chi connectivity index (χ0n) is 37.7. The van der Waals surface area contributed by atoms with E-state index in [0.717, 1.165) is 22.9 Å². The third-order valence-electron chi connectivity index (χ3n) is 11.3. The number of morpholine rings is 2. The van der Waals surface area contributed by atoms with E-state index < -0.39 is 35.5 Å². The van der Waals surface area contributed by atoms with E-state index >= 15 is 0 Å². The van der Waals surface area contributed by atoms with Crippen molar-refractivity contribution < 1.29 is 46.1 Å². The second-order valence-electron chi connectivity index (χ2n) is 16.6. The SMILES string of the molecule is COc1nnc(-c2cc(NC(=O)c3ccnc(C(C)(C)F)c3)ccc2C)cc1N1CCOC(COc2nnc(-c3cc(NC(=O)c4cnnc(C(F)(F)F)c4)ccc3C)cc2N2CCOCC2)C1. The Morgan fingerprint density at radius 3 is 1.93 bits per heavy atom. The number of aryl methyl sites for hydroxylation is 2. The standard InChI is InChI=1S/C47H47F4N11O6/c1-27-6-8-31(54-42(63)29-10-11-52-40(18-29)46(3,4)48)20-34(27)36-22-38(44(65-5)59-56-36)62-14-17-67-33(25-62)26-68-45-39(61-12-15-66-16-13-61)23-37(57-60-45)35-21-32(9-7-28(35)2)55-43(64)30-19-41(47(49,50)51)58-53-24-30/h6-11,18-24,33H,12-17,25-26H2,1-5H3,(H,54,63)(H,55,64). The van der Waals surface area contributed by atoms with Gasteiger partial charge in [-0.2, -0.15) is 18.3 Å². The average molecular weight is 938 g/mol. The molecule has 0 bridgehead atoms. The number of carbonyl (C=O) groups is 2. The highest BCUT2D eigenvalue weighted by atomic mass is 19.4. The molecule has 354 valence electrons. The molecular weight excluding hydrogens is 891 g/mol. The van der Waals surface area contributed by atoms with Gasteiger partial charge in [0.15, 0.2) is 5.69 Å². The van der Waals surface area contributed by atoms with Crippen LogP contribution in [0, 0.1) is 13.8 Å². The Hall–Kier alpha value is -7.39. The topological polar surface area (TPSA) is 192 Å². The van der Waals surface area contributed by atoms with Gasteiger partial charge in [-0.3, -0.25) is 14.6 Å². The van der Waals surface area contributed by atoms with E-state index in [1.54, 1.807) is 30.3 Å². The summed E-state index contributed by atoms with van der Waals surface area (Å²) in [4.78, 5) is 34.5. The van der Waals surface area contributed by atoms with Crippen molar-refractivity contribution in [3.8, 4) is 34.3 Å². The number of ether oxygens (including phenoxy) is 4. The number of amides is 2. The largest absolute Gasteiger partial charge is 0.478 e. The van der Waals surface area contributed by atoms with Gasteiger partial charge in [0.05, 0.1) is 55.8 Å². The molecule has 0 spiro atoms. The number of benzene rings is 2. The molecule has 2 saturated heterocycles. The Morgan fingerprint density at radius 2 is 1.31 bits per heavy atom. The Morgan fingerprint density at radius 1 is 0.721 bits per heavy atom. The van der Waals surface area contributed by atoms with Crippen LogP contribution in [-0.2, 0) is 21.3 Å². The van der Waals surface area contributed by atoms with Gasteiger partial charge in [-0.15, -0.1) is 25.5 Å². The molecule has 1 unspecified atom stereocenters. The molecule has 2 amide bonds. The Labute approximate surface area is 388 Å². The second-order valence-corrected chi connectivity index (χ2v) is 16.6. The number of pyridine rings is 1. The summed E-state index contributed by atoms with van der Waals surface area (Å²) in [5.41, 5.74) is 3.32. The predicted molar refractivity (Wildman–Crippen MR) is 243 cm³/mol. The number of alkyl halides is 4. The van der Waals surface area contributed by atoms with E-state index in [0.29, 0.717) is 97.6 Å². The molecule has 0 aliphatic carbocycles. The lowest BCUT2D eigenvalue weighted by Gasteiger charge is -2.35. The fraction of sp³-hybridized carbons (Fsp3) is 0.340. The minimum Gasteiger partial charge on any atom is -0.478 e. The van der Waals surface area contributed by atoms with Crippen LogP contribution in [0.5, 0.6) is 11.8 Å². The van der Waals surface area contributed by atoms with Gasteiger partial charge in [-0.05, 0) is 93.4 Å². The first-order valence-corrected chi connectivity index (χ1v) is 21.6. The summed E-state index contributed by atoms with van der Waals surface area (Å²) in [5, 5.41) is 29.9. The molecule has 0 radical (unpaired) electrons. The molecular formula is C47H47F4N11O6. The molecule has 6 heterocycles. The number of nitrogens with one attached hydrogen (secondary N) is 2. The maximum Gasteiger partial charge on any atom is 0.435 e. The fourth-order valence-corrected chi connectivity index (χ4v) is 7.61. The van der Waals surface area contributed by atoms with Crippen molar-refractivity contribution in [1.82, 2.24) is 35.6 Å². The van der Waals surface area contributed by atoms with Crippen LogP contribution in [0.1, 0.15) is 57.1 Å². The number of rotatable bonds is 13. The number of anilines is 4. The van der Waals surface area contributed by atoms with E-state index in [4.69, 9.17) is 18.9 Å². The van der Waals surface area contributed by atoms with Gasteiger partial charge in [0.2, 0.25) is 0 Å². The minimum absolute atomic E-state index is 0.110. The lowest BCUT2D eigenvalue weighted by molar-refractivity contribution is -0.141. The van der Waals surface area contributed by atoms with Crippen molar-refractivity contribution in [2.75, 3.05) is 80.1 Å². The van der Waals surface area contributed by atoms with Gasteiger partial charge < -0.3 is 39.4 Å². The van der Waals surface area contributed by atoms with E-state index in [1.807, 2.05) is 32.0 Å². The van der Waals surface area contributed by atoms with E-state index in [9.17, 15) is 27.2 Å². The summed E-state index contributed by atoms with van der Waals surface area (Å²) in [6, 6.07) is 17.8. The quantitative estimate of drug-likeness (QED) is 0.110. The zero-order chi connectivity index (χ0) is 48.2. The van der Waals surface area contributed by atoms with Crippen molar-refractivity contribution in [2.45, 2.75) is 45.6 Å². The maximum absolute atomic E-state index is 14.6. The van der Waals surface area contributed by atoms with Gasteiger partial charge in [-0.1, -0.05) is 12.1 Å². The van der Waals surface area contributed by atoms with Crippen LogP contribution in [0.3, 0.4) is 0 Å². The highest BCUT2D eigenvalue weighted by Crippen LogP contribution is 2.36. The maximum atomic E-state index is 14.6. The normalized spacial score (nSPS) is 15.5. The van der Waals surface area contributed by atoms with Gasteiger partial charge in [0, 0.05) is 60.4 Å². The molecule has 2 N–H and O–H groups in total. The van der Waals surface area contributed by atoms with Crippen molar-refractivity contribution in [2.24, 2.45) is 0 Å². The molecule has 17 nitrogen and oxygen atoms in total. The third-order valence-corrected chi connectivity index (χ3v) is 11.3. The number of nitrogens with zero attached hydrogens (tertiary/aromatic N) is 9. The smallest absolute Gasteiger partial charge is 0.435 e. The zero-order valence-corrected chi connectivity index (χ0v) is 37.7. The van der Waals surface area contributed by atoms with Crippen LogP contribution in [0.15, 0.2) is 79.1 Å². The van der Waals surface area contributed by atoms with Crippen LogP contribution >= 0.6 is 0 Å². The molecule has 8 rings (SSSR count). The first kappa shape index (κ1) is 47.1.